The maximum Gasteiger partial charge on any atom is 0.321 e. The Labute approximate surface area is 138 Å². The summed E-state index contributed by atoms with van der Waals surface area (Å²) >= 11 is 1.08. The van der Waals surface area contributed by atoms with E-state index in [1.807, 2.05) is 26.0 Å². The largest absolute Gasteiger partial charge is 0.411 e. The van der Waals surface area contributed by atoms with Crippen LogP contribution in [-0.4, -0.2) is 34.4 Å². The number of imide groups is 1. The fourth-order valence-electron chi connectivity index (χ4n) is 1.98. The molecule has 2 N–H and O–H groups in total. The molecular formula is C15H18N4O3S. The van der Waals surface area contributed by atoms with Crippen molar-refractivity contribution >= 4 is 23.7 Å². The van der Waals surface area contributed by atoms with Crippen LogP contribution in [-0.2, 0) is 4.79 Å². The van der Waals surface area contributed by atoms with Gasteiger partial charge in [-0.05, 0) is 32.9 Å². The van der Waals surface area contributed by atoms with E-state index >= 15 is 0 Å². The van der Waals surface area contributed by atoms with Crippen molar-refractivity contribution in [2.24, 2.45) is 0 Å². The van der Waals surface area contributed by atoms with Crippen LogP contribution in [0.25, 0.3) is 11.5 Å². The van der Waals surface area contributed by atoms with Crippen LogP contribution in [0, 0.1) is 13.8 Å². The zero-order valence-electron chi connectivity index (χ0n) is 13.2. The van der Waals surface area contributed by atoms with Crippen molar-refractivity contribution in [3.05, 3.63) is 29.3 Å². The standard InChI is InChI=1S/C15H18N4O3S/c1-4-16-14(21)17-12(20)8-23-15-19-18-13(22-15)11-6-9(2)5-10(3)7-11/h5-7H,4,8H2,1-3H3,(H2,16,17,20,21). The molecule has 0 unspecified atom stereocenters. The van der Waals surface area contributed by atoms with Gasteiger partial charge in [-0.25, -0.2) is 4.79 Å². The first-order valence-corrected chi connectivity index (χ1v) is 8.09. The third kappa shape index (κ3) is 5.10. The van der Waals surface area contributed by atoms with E-state index in [-0.39, 0.29) is 11.0 Å². The first-order valence-electron chi connectivity index (χ1n) is 7.10. The number of benzene rings is 1. The van der Waals surface area contributed by atoms with Crippen LogP contribution in [0.3, 0.4) is 0 Å². The minimum absolute atomic E-state index is 0.0195. The van der Waals surface area contributed by atoms with Gasteiger partial charge in [-0.15, -0.1) is 10.2 Å². The van der Waals surface area contributed by atoms with Gasteiger partial charge in [0.2, 0.25) is 11.8 Å². The Hall–Kier alpha value is -2.35. The van der Waals surface area contributed by atoms with Gasteiger partial charge in [0.05, 0.1) is 5.75 Å². The van der Waals surface area contributed by atoms with Crippen LogP contribution in [0.1, 0.15) is 18.1 Å². The molecule has 3 amide bonds. The molecule has 0 aliphatic rings. The molecule has 0 atom stereocenters. The highest BCUT2D eigenvalue weighted by Gasteiger charge is 2.13. The van der Waals surface area contributed by atoms with E-state index < -0.39 is 11.9 Å². The van der Waals surface area contributed by atoms with Crippen molar-refractivity contribution < 1.29 is 14.0 Å². The second kappa shape index (κ2) is 7.77. The van der Waals surface area contributed by atoms with Gasteiger partial charge in [0, 0.05) is 12.1 Å². The van der Waals surface area contributed by atoms with Crippen LogP contribution in [0.15, 0.2) is 27.8 Å². The first-order chi connectivity index (χ1) is 11.0. The predicted octanol–water partition coefficient (Wildman–Crippen LogP) is 2.29. The Morgan fingerprint density at radius 1 is 1.17 bits per heavy atom. The number of carbonyl (C=O) groups excluding carboxylic acids is 2. The number of aryl methyl sites for hydroxylation is 2. The Balaban J connectivity index is 1.95. The van der Waals surface area contributed by atoms with Gasteiger partial charge in [-0.2, -0.15) is 0 Å². The number of carbonyl (C=O) groups is 2. The lowest BCUT2D eigenvalue weighted by molar-refractivity contribution is -0.117. The number of rotatable bonds is 5. The van der Waals surface area contributed by atoms with E-state index in [2.05, 4.69) is 26.9 Å². The molecule has 0 saturated carbocycles. The maximum atomic E-state index is 11.6. The summed E-state index contributed by atoms with van der Waals surface area (Å²) in [6.07, 6.45) is 0. The molecule has 2 aromatic rings. The van der Waals surface area contributed by atoms with E-state index in [9.17, 15) is 9.59 Å². The topological polar surface area (TPSA) is 97.1 Å². The minimum atomic E-state index is -0.514. The van der Waals surface area contributed by atoms with E-state index in [0.717, 1.165) is 28.5 Å². The SMILES string of the molecule is CCNC(=O)NC(=O)CSc1nnc(-c2cc(C)cc(C)c2)o1. The number of nitrogens with one attached hydrogen (secondary N) is 2. The summed E-state index contributed by atoms with van der Waals surface area (Å²) in [6.45, 7) is 6.21. The summed E-state index contributed by atoms with van der Waals surface area (Å²) in [5, 5.41) is 12.9. The average molecular weight is 334 g/mol. The summed E-state index contributed by atoms with van der Waals surface area (Å²) in [6, 6.07) is 5.45. The number of nitrogens with zero attached hydrogens (tertiary/aromatic N) is 2. The number of amides is 3. The van der Waals surface area contributed by atoms with Crippen LogP contribution in [0.4, 0.5) is 4.79 Å². The van der Waals surface area contributed by atoms with Crippen molar-refractivity contribution in [2.75, 3.05) is 12.3 Å². The molecule has 0 bridgehead atoms. The molecule has 0 radical (unpaired) electrons. The van der Waals surface area contributed by atoms with Gasteiger partial charge in [0.1, 0.15) is 0 Å². The maximum absolute atomic E-state index is 11.6. The van der Waals surface area contributed by atoms with E-state index in [0.29, 0.717) is 12.4 Å². The quantitative estimate of drug-likeness (QED) is 0.814. The monoisotopic (exact) mass is 334 g/mol. The van der Waals surface area contributed by atoms with Crippen molar-refractivity contribution in [2.45, 2.75) is 26.0 Å². The van der Waals surface area contributed by atoms with Gasteiger partial charge in [0.15, 0.2) is 0 Å². The number of hydrogen-bond acceptors (Lipinski definition) is 6. The van der Waals surface area contributed by atoms with Crippen molar-refractivity contribution in [3.63, 3.8) is 0 Å². The summed E-state index contributed by atoms with van der Waals surface area (Å²) in [5.41, 5.74) is 3.05. The second-order valence-electron chi connectivity index (χ2n) is 4.95. The summed E-state index contributed by atoms with van der Waals surface area (Å²) in [7, 11) is 0. The Morgan fingerprint density at radius 3 is 2.52 bits per heavy atom. The lowest BCUT2D eigenvalue weighted by Gasteiger charge is -2.02. The van der Waals surface area contributed by atoms with Gasteiger partial charge in [-0.1, -0.05) is 29.0 Å². The Kier molecular flexibility index (Phi) is 5.75. The number of aromatic nitrogens is 2. The fraction of sp³-hybridized carbons (Fsp3) is 0.333. The highest BCUT2D eigenvalue weighted by atomic mass is 32.2. The van der Waals surface area contributed by atoms with Crippen molar-refractivity contribution in [3.8, 4) is 11.5 Å². The van der Waals surface area contributed by atoms with Gasteiger partial charge in [-0.3, -0.25) is 10.1 Å². The second-order valence-corrected chi connectivity index (χ2v) is 5.87. The molecule has 8 heteroatoms. The Morgan fingerprint density at radius 2 is 1.87 bits per heavy atom. The molecule has 0 saturated heterocycles. The molecule has 1 aromatic heterocycles. The molecule has 0 aliphatic carbocycles. The summed E-state index contributed by atoms with van der Waals surface area (Å²) in [5.74, 6) is 0.00143. The van der Waals surface area contributed by atoms with E-state index in [4.69, 9.17) is 4.42 Å². The van der Waals surface area contributed by atoms with E-state index in [1.165, 1.54) is 0 Å². The molecular weight excluding hydrogens is 316 g/mol. The molecule has 7 nitrogen and oxygen atoms in total. The van der Waals surface area contributed by atoms with Gasteiger partial charge >= 0.3 is 6.03 Å². The molecule has 0 spiro atoms. The highest BCUT2D eigenvalue weighted by Crippen LogP contribution is 2.24. The number of urea groups is 1. The van der Waals surface area contributed by atoms with E-state index in [1.54, 1.807) is 6.92 Å². The molecule has 0 aliphatic heterocycles. The van der Waals surface area contributed by atoms with Crippen molar-refractivity contribution in [1.29, 1.82) is 0 Å². The van der Waals surface area contributed by atoms with Gasteiger partial charge in [0.25, 0.3) is 5.22 Å². The molecule has 1 aromatic carbocycles. The predicted molar refractivity (Wildman–Crippen MR) is 87.1 cm³/mol. The van der Waals surface area contributed by atoms with Crippen molar-refractivity contribution in [1.82, 2.24) is 20.8 Å². The zero-order valence-corrected chi connectivity index (χ0v) is 14.0. The Bertz CT molecular complexity index is 694. The lowest BCUT2D eigenvalue weighted by Crippen LogP contribution is -2.40. The average Bonchev–Trinajstić information content (AvgIpc) is 2.93. The minimum Gasteiger partial charge on any atom is -0.411 e. The molecule has 23 heavy (non-hydrogen) atoms. The van der Waals surface area contributed by atoms with Crippen LogP contribution >= 0.6 is 11.8 Å². The molecule has 2 rings (SSSR count). The van der Waals surface area contributed by atoms with Crippen LogP contribution in [0.2, 0.25) is 0 Å². The number of thioether (sulfide) groups is 1. The number of hydrogen-bond donors (Lipinski definition) is 2. The highest BCUT2D eigenvalue weighted by molar-refractivity contribution is 7.99. The molecule has 122 valence electrons. The third-order valence-corrected chi connectivity index (χ3v) is 3.61. The summed E-state index contributed by atoms with van der Waals surface area (Å²) < 4.78 is 5.54. The van der Waals surface area contributed by atoms with Crippen LogP contribution < -0.4 is 10.6 Å². The first kappa shape index (κ1) is 17.0. The zero-order chi connectivity index (χ0) is 16.8. The molecule has 0 fully saturated rings. The smallest absolute Gasteiger partial charge is 0.321 e. The van der Waals surface area contributed by atoms with Gasteiger partial charge < -0.3 is 9.73 Å². The fourth-order valence-corrected chi connectivity index (χ4v) is 2.54. The lowest BCUT2D eigenvalue weighted by atomic mass is 10.1. The third-order valence-electron chi connectivity index (χ3n) is 2.79. The molecule has 1 heterocycles. The summed E-state index contributed by atoms with van der Waals surface area (Å²) in [4.78, 5) is 22.8. The normalized spacial score (nSPS) is 10.4. The van der Waals surface area contributed by atoms with Crippen LogP contribution in [0.5, 0.6) is 0 Å².